The SMILES string of the molecule is [C-]#[N+]C(C(=O)O)C1(C2CCCC2)CCN(C(=O)OC(C)(C)C)CC1.[C-]#[N+]C(C(=O)OCC)C1(C2CCCC2)CCN(C(=O)OC(C)(C)C)CC1. The Kier molecular flexibility index (Phi) is 14.0. The predicted octanol–water partition coefficient (Wildman–Crippen LogP) is 7.61. The number of hydrogen-bond acceptors (Lipinski definition) is 7. The summed E-state index contributed by atoms with van der Waals surface area (Å²) in [4.78, 5) is 59.3. The lowest BCUT2D eigenvalue weighted by Gasteiger charge is -2.44. The van der Waals surface area contributed by atoms with Crippen LogP contribution in [0.4, 0.5) is 9.59 Å². The quantitative estimate of drug-likeness (QED) is 0.163. The summed E-state index contributed by atoms with van der Waals surface area (Å²) in [6.45, 7) is 30.2. The summed E-state index contributed by atoms with van der Waals surface area (Å²) < 4.78 is 16.1. The molecule has 2 saturated heterocycles. The Bertz CT molecular complexity index is 1260. The highest BCUT2D eigenvalue weighted by molar-refractivity contribution is 5.79. The van der Waals surface area contributed by atoms with Crippen LogP contribution in [0.25, 0.3) is 9.69 Å². The molecule has 4 rings (SSSR count). The van der Waals surface area contributed by atoms with E-state index in [1.807, 2.05) is 41.5 Å². The number of ether oxygens (including phenoxy) is 3. The molecule has 4 fully saturated rings. The predicted molar refractivity (Wildman–Crippen MR) is 188 cm³/mol. The zero-order chi connectivity index (χ0) is 37.3. The van der Waals surface area contributed by atoms with Gasteiger partial charge in [-0.25, -0.2) is 32.3 Å². The molecule has 0 bridgehead atoms. The fourth-order valence-electron chi connectivity index (χ4n) is 8.74. The molecule has 4 aliphatic rings. The third-order valence-electron chi connectivity index (χ3n) is 11.1. The van der Waals surface area contributed by atoms with Crippen molar-refractivity contribution < 1.29 is 38.5 Å². The van der Waals surface area contributed by atoms with Crippen LogP contribution < -0.4 is 0 Å². The molecular weight excluding hydrogens is 640 g/mol. The van der Waals surface area contributed by atoms with Crippen LogP contribution in [-0.4, -0.2) is 95.1 Å². The molecule has 0 spiro atoms. The first kappa shape index (κ1) is 40.9. The third kappa shape index (κ3) is 10.0. The van der Waals surface area contributed by atoms with Crippen molar-refractivity contribution in [3.8, 4) is 0 Å². The largest absolute Gasteiger partial charge is 0.475 e. The molecule has 0 radical (unpaired) electrons. The second kappa shape index (κ2) is 17.1. The van der Waals surface area contributed by atoms with Crippen molar-refractivity contribution in [2.45, 2.75) is 149 Å². The molecule has 2 aliphatic carbocycles. The zero-order valence-corrected chi connectivity index (χ0v) is 31.4. The molecular formula is C38H60N4O8. The maximum absolute atomic E-state index is 12.5. The Morgan fingerprint density at radius 1 is 0.700 bits per heavy atom. The minimum Gasteiger partial charge on any atom is -0.475 e. The van der Waals surface area contributed by atoms with Gasteiger partial charge in [-0.2, -0.15) is 0 Å². The number of carbonyl (C=O) groups excluding carboxylic acids is 3. The van der Waals surface area contributed by atoms with Crippen molar-refractivity contribution in [3.05, 3.63) is 22.8 Å². The van der Waals surface area contributed by atoms with Crippen LogP contribution in [0.5, 0.6) is 0 Å². The van der Waals surface area contributed by atoms with Gasteiger partial charge in [0.15, 0.2) is 0 Å². The molecule has 2 heterocycles. The first-order valence-corrected chi connectivity index (χ1v) is 18.5. The highest BCUT2D eigenvalue weighted by atomic mass is 16.6. The number of piperidine rings is 2. The van der Waals surface area contributed by atoms with Crippen LogP contribution in [0.15, 0.2) is 0 Å². The highest BCUT2D eigenvalue weighted by Crippen LogP contribution is 2.52. The summed E-state index contributed by atoms with van der Waals surface area (Å²) in [5, 5.41) is 9.56. The molecule has 2 unspecified atom stereocenters. The molecule has 2 atom stereocenters. The van der Waals surface area contributed by atoms with Gasteiger partial charge in [0.2, 0.25) is 0 Å². The summed E-state index contributed by atoms with van der Waals surface area (Å²) in [5.41, 5.74) is -1.97. The van der Waals surface area contributed by atoms with Gasteiger partial charge in [-0.3, -0.25) is 0 Å². The normalized spacial score (nSPS) is 22.2. The fourth-order valence-corrected chi connectivity index (χ4v) is 8.74. The van der Waals surface area contributed by atoms with Crippen molar-refractivity contribution in [2.75, 3.05) is 32.8 Å². The van der Waals surface area contributed by atoms with E-state index in [9.17, 15) is 24.3 Å². The molecule has 12 heteroatoms. The molecule has 280 valence electrons. The van der Waals surface area contributed by atoms with Crippen LogP contribution in [0.1, 0.15) is 126 Å². The van der Waals surface area contributed by atoms with Crippen molar-refractivity contribution in [1.82, 2.24) is 9.80 Å². The zero-order valence-electron chi connectivity index (χ0n) is 31.4. The number of esters is 1. The molecule has 50 heavy (non-hydrogen) atoms. The van der Waals surface area contributed by atoms with Gasteiger partial charge in [-0.05, 0) is 112 Å². The Labute approximate surface area is 299 Å². The standard InChI is InChI=1S/C20H32N2O4.C18H28N2O4/c1-6-25-17(23)16(21-5)20(15-9-7-8-10-15)11-13-22(14-12-20)18(24)26-19(2,3)4;1-17(2,3)24-16(23)20-11-9-18(10-12-20,13-7-5-6-8-13)14(19-4)15(21)22/h15-16H,6-14H2,1-4H3;13-14H,5-12H2,1-3H3,(H,21,22). The van der Waals surface area contributed by atoms with E-state index in [1.54, 1.807) is 16.7 Å². The molecule has 0 aromatic rings. The summed E-state index contributed by atoms with van der Waals surface area (Å²) in [7, 11) is 0. The summed E-state index contributed by atoms with van der Waals surface area (Å²) >= 11 is 0. The van der Waals surface area contributed by atoms with Gasteiger partial charge in [0.1, 0.15) is 11.2 Å². The minimum atomic E-state index is -1.03. The van der Waals surface area contributed by atoms with E-state index in [4.69, 9.17) is 27.4 Å². The molecule has 2 aliphatic heterocycles. The second-order valence-corrected chi connectivity index (χ2v) is 16.5. The number of carboxylic acid groups (broad SMARTS) is 1. The summed E-state index contributed by atoms with van der Waals surface area (Å²) in [6, 6.07) is -1.78. The van der Waals surface area contributed by atoms with Gasteiger partial charge in [0.25, 0.3) is 0 Å². The summed E-state index contributed by atoms with van der Waals surface area (Å²) in [5.74, 6) is -0.803. The van der Waals surface area contributed by atoms with Gasteiger partial charge in [0.05, 0.1) is 17.4 Å². The van der Waals surface area contributed by atoms with Gasteiger partial charge < -0.3 is 38.8 Å². The van der Waals surface area contributed by atoms with Crippen LogP contribution >= 0.6 is 0 Å². The van der Waals surface area contributed by atoms with E-state index < -0.39 is 40.6 Å². The van der Waals surface area contributed by atoms with E-state index >= 15 is 0 Å². The number of rotatable bonds is 7. The maximum atomic E-state index is 12.5. The number of likely N-dealkylation sites (tertiary alicyclic amines) is 2. The molecule has 12 nitrogen and oxygen atoms in total. The van der Waals surface area contributed by atoms with Gasteiger partial charge in [0, 0.05) is 26.2 Å². The van der Waals surface area contributed by atoms with Crippen molar-refractivity contribution >= 4 is 24.1 Å². The average molecular weight is 701 g/mol. The number of amides is 2. The van der Waals surface area contributed by atoms with E-state index in [1.165, 1.54) is 0 Å². The maximum Gasteiger partial charge on any atom is 0.410 e. The molecule has 2 amide bonds. The Balaban J connectivity index is 0.000000271. The Hall–Kier alpha value is -3.54. The number of nitrogens with zero attached hydrogens (tertiary/aromatic N) is 4. The lowest BCUT2D eigenvalue weighted by atomic mass is 9.63. The van der Waals surface area contributed by atoms with Gasteiger partial charge >= 0.3 is 36.2 Å². The van der Waals surface area contributed by atoms with Crippen molar-refractivity contribution in [1.29, 1.82) is 0 Å². The van der Waals surface area contributed by atoms with E-state index in [0.29, 0.717) is 57.8 Å². The lowest BCUT2D eigenvalue weighted by Crippen LogP contribution is -2.53. The van der Waals surface area contributed by atoms with Crippen LogP contribution in [-0.2, 0) is 23.8 Å². The minimum absolute atomic E-state index is 0.272. The van der Waals surface area contributed by atoms with Crippen LogP contribution in [0, 0.1) is 35.8 Å². The topological polar surface area (TPSA) is 131 Å². The lowest BCUT2D eigenvalue weighted by molar-refractivity contribution is -0.149. The first-order chi connectivity index (χ1) is 23.4. The number of hydrogen-bond donors (Lipinski definition) is 1. The summed E-state index contributed by atoms with van der Waals surface area (Å²) in [6.07, 6.45) is 10.4. The third-order valence-corrected chi connectivity index (χ3v) is 11.1. The van der Waals surface area contributed by atoms with Gasteiger partial charge in [-0.15, -0.1) is 0 Å². The molecule has 2 saturated carbocycles. The fraction of sp³-hybridized carbons (Fsp3) is 0.842. The average Bonchev–Trinajstić information content (AvgIpc) is 3.77. The number of aliphatic carboxylic acids is 1. The molecule has 1 N–H and O–H groups in total. The van der Waals surface area contributed by atoms with E-state index in [2.05, 4.69) is 9.69 Å². The van der Waals surface area contributed by atoms with Crippen molar-refractivity contribution in [3.63, 3.8) is 0 Å². The van der Waals surface area contributed by atoms with E-state index in [-0.39, 0.29) is 30.1 Å². The van der Waals surface area contributed by atoms with Crippen LogP contribution in [0.2, 0.25) is 0 Å². The highest BCUT2D eigenvalue weighted by Gasteiger charge is 2.57. The first-order valence-electron chi connectivity index (χ1n) is 18.5. The van der Waals surface area contributed by atoms with E-state index in [0.717, 1.165) is 51.4 Å². The van der Waals surface area contributed by atoms with Crippen molar-refractivity contribution in [2.24, 2.45) is 22.7 Å². The number of carbonyl (C=O) groups is 4. The monoisotopic (exact) mass is 700 g/mol. The second-order valence-electron chi connectivity index (χ2n) is 16.5. The van der Waals surface area contributed by atoms with Crippen LogP contribution in [0.3, 0.4) is 0 Å². The number of carboxylic acids is 1. The smallest absolute Gasteiger partial charge is 0.410 e. The van der Waals surface area contributed by atoms with Gasteiger partial charge in [-0.1, -0.05) is 25.7 Å². The Morgan fingerprint density at radius 3 is 1.32 bits per heavy atom. The molecule has 0 aromatic heterocycles. The molecule has 0 aromatic carbocycles. The Morgan fingerprint density at radius 2 is 1.04 bits per heavy atom.